The van der Waals surface area contributed by atoms with Crippen LogP contribution in [0.15, 0.2) is 36.4 Å². The average molecular weight is 366 g/mol. The van der Waals surface area contributed by atoms with Gasteiger partial charge in [-0.25, -0.2) is 0 Å². The third-order valence-corrected chi connectivity index (χ3v) is 4.39. The third-order valence-electron chi connectivity index (χ3n) is 3.82. The van der Waals surface area contributed by atoms with Gasteiger partial charge in [0.25, 0.3) is 5.91 Å². The number of halogens is 2. The fourth-order valence-corrected chi connectivity index (χ4v) is 2.89. The predicted octanol–water partition coefficient (Wildman–Crippen LogP) is 3.66. The van der Waals surface area contributed by atoms with Gasteiger partial charge in [0.2, 0.25) is 0 Å². The van der Waals surface area contributed by atoms with Crippen molar-refractivity contribution in [1.82, 2.24) is 0 Å². The van der Waals surface area contributed by atoms with Crippen LogP contribution in [0.3, 0.4) is 0 Å². The SMILES string of the molecule is Nc1cc(Cl)c(NC(=O)c2ccc(Cl)cc2)cc1N1CCOCC1. The van der Waals surface area contributed by atoms with E-state index >= 15 is 0 Å². The van der Waals surface area contributed by atoms with E-state index in [1.165, 1.54) is 0 Å². The van der Waals surface area contributed by atoms with Crippen LogP contribution in [0.25, 0.3) is 0 Å². The topological polar surface area (TPSA) is 67.6 Å². The Morgan fingerprint density at radius 1 is 1.12 bits per heavy atom. The molecule has 126 valence electrons. The van der Waals surface area contributed by atoms with Crippen molar-refractivity contribution in [3.63, 3.8) is 0 Å². The quantitative estimate of drug-likeness (QED) is 0.814. The van der Waals surface area contributed by atoms with Gasteiger partial charge in [0.1, 0.15) is 0 Å². The van der Waals surface area contributed by atoms with E-state index in [4.69, 9.17) is 33.7 Å². The molecular formula is C17H17Cl2N3O2. The molecule has 0 bridgehead atoms. The van der Waals surface area contributed by atoms with E-state index in [1.54, 1.807) is 36.4 Å². The first kappa shape index (κ1) is 16.9. The molecule has 0 unspecified atom stereocenters. The van der Waals surface area contributed by atoms with Crippen LogP contribution in [0, 0.1) is 0 Å². The summed E-state index contributed by atoms with van der Waals surface area (Å²) >= 11 is 12.1. The van der Waals surface area contributed by atoms with Gasteiger partial charge in [0.15, 0.2) is 0 Å². The Kier molecular flexibility index (Phi) is 5.14. The number of hydrogen-bond acceptors (Lipinski definition) is 4. The van der Waals surface area contributed by atoms with Crippen LogP contribution >= 0.6 is 23.2 Å². The number of nitrogens with two attached hydrogens (primary N) is 1. The minimum absolute atomic E-state index is 0.258. The number of benzene rings is 2. The van der Waals surface area contributed by atoms with Crippen LogP contribution in [-0.2, 0) is 4.74 Å². The van der Waals surface area contributed by atoms with Crippen LogP contribution in [0.1, 0.15) is 10.4 Å². The lowest BCUT2D eigenvalue weighted by atomic mass is 10.1. The largest absolute Gasteiger partial charge is 0.397 e. The molecule has 1 fully saturated rings. The van der Waals surface area contributed by atoms with E-state index in [-0.39, 0.29) is 5.91 Å². The number of rotatable bonds is 3. The Morgan fingerprint density at radius 2 is 1.79 bits per heavy atom. The normalized spacial score (nSPS) is 14.5. The first-order chi connectivity index (χ1) is 11.5. The van der Waals surface area contributed by atoms with Gasteiger partial charge in [0.05, 0.1) is 35.3 Å². The monoisotopic (exact) mass is 365 g/mol. The number of anilines is 3. The van der Waals surface area contributed by atoms with E-state index in [1.807, 2.05) is 0 Å². The Hall–Kier alpha value is -1.95. The lowest BCUT2D eigenvalue weighted by Crippen LogP contribution is -2.36. The van der Waals surface area contributed by atoms with E-state index in [0.29, 0.717) is 40.2 Å². The van der Waals surface area contributed by atoms with Crippen molar-refractivity contribution in [2.24, 2.45) is 0 Å². The van der Waals surface area contributed by atoms with Gasteiger partial charge in [-0.15, -0.1) is 0 Å². The van der Waals surface area contributed by atoms with Crippen molar-refractivity contribution >= 4 is 46.2 Å². The number of morpholine rings is 1. The molecule has 0 radical (unpaired) electrons. The smallest absolute Gasteiger partial charge is 0.255 e. The van der Waals surface area contributed by atoms with Crippen LogP contribution < -0.4 is 16.0 Å². The molecule has 0 aromatic heterocycles. The highest BCUT2D eigenvalue weighted by Gasteiger charge is 2.17. The number of amides is 1. The molecule has 1 heterocycles. The summed E-state index contributed by atoms with van der Waals surface area (Å²) in [5, 5.41) is 3.80. The van der Waals surface area contributed by atoms with Crippen LogP contribution in [0.2, 0.25) is 10.0 Å². The summed E-state index contributed by atoms with van der Waals surface area (Å²) in [5.41, 5.74) is 8.52. The van der Waals surface area contributed by atoms with E-state index < -0.39 is 0 Å². The average Bonchev–Trinajstić information content (AvgIpc) is 2.58. The minimum atomic E-state index is -0.258. The molecule has 0 aliphatic carbocycles. The number of nitrogen functional groups attached to an aromatic ring is 1. The zero-order chi connectivity index (χ0) is 17.1. The number of carbonyl (C=O) groups is 1. The van der Waals surface area contributed by atoms with Gasteiger partial charge in [0, 0.05) is 23.7 Å². The van der Waals surface area contributed by atoms with E-state index in [9.17, 15) is 4.79 Å². The molecule has 7 heteroatoms. The first-order valence-electron chi connectivity index (χ1n) is 7.53. The van der Waals surface area contributed by atoms with Gasteiger partial charge < -0.3 is 20.7 Å². The zero-order valence-corrected chi connectivity index (χ0v) is 14.4. The lowest BCUT2D eigenvalue weighted by Gasteiger charge is -2.30. The molecule has 5 nitrogen and oxygen atoms in total. The number of nitrogens with one attached hydrogen (secondary N) is 1. The van der Waals surface area contributed by atoms with Crippen molar-refractivity contribution in [1.29, 1.82) is 0 Å². The van der Waals surface area contributed by atoms with Gasteiger partial charge in [-0.05, 0) is 36.4 Å². The Morgan fingerprint density at radius 3 is 2.46 bits per heavy atom. The highest BCUT2D eigenvalue weighted by atomic mass is 35.5. The summed E-state index contributed by atoms with van der Waals surface area (Å²) in [6.07, 6.45) is 0. The molecule has 3 rings (SSSR count). The Bertz CT molecular complexity index is 744. The number of nitrogens with zero attached hydrogens (tertiary/aromatic N) is 1. The molecule has 2 aromatic rings. The number of ether oxygens (including phenoxy) is 1. The second-order valence-corrected chi connectivity index (χ2v) is 6.29. The van der Waals surface area contributed by atoms with Crippen molar-refractivity contribution < 1.29 is 9.53 Å². The summed E-state index contributed by atoms with van der Waals surface area (Å²) in [5.74, 6) is -0.258. The van der Waals surface area contributed by atoms with E-state index in [2.05, 4.69) is 10.2 Å². The van der Waals surface area contributed by atoms with Crippen molar-refractivity contribution in [3.05, 3.63) is 52.0 Å². The molecule has 2 aromatic carbocycles. The van der Waals surface area contributed by atoms with E-state index in [0.717, 1.165) is 18.8 Å². The molecule has 0 spiro atoms. The minimum Gasteiger partial charge on any atom is -0.397 e. The fourth-order valence-electron chi connectivity index (χ4n) is 2.55. The van der Waals surface area contributed by atoms with Crippen molar-refractivity contribution in [3.8, 4) is 0 Å². The summed E-state index contributed by atoms with van der Waals surface area (Å²) < 4.78 is 5.36. The molecule has 1 amide bonds. The third kappa shape index (κ3) is 3.75. The van der Waals surface area contributed by atoms with Crippen molar-refractivity contribution in [2.75, 3.05) is 42.3 Å². The second-order valence-electron chi connectivity index (χ2n) is 5.45. The van der Waals surface area contributed by atoms with Gasteiger partial charge in [-0.2, -0.15) is 0 Å². The Labute approximate surface area is 150 Å². The zero-order valence-electron chi connectivity index (χ0n) is 12.9. The molecule has 1 aliphatic rings. The van der Waals surface area contributed by atoms with Gasteiger partial charge in [-0.1, -0.05) is 23.2 Å². The molecule has 0 atom stereocenters. The van der Waals surface area contributed by atoms with Gasteiger partial charge >= 0.3 is 0 Å². The maximum Gasteiger partial charge on any atom is 0.255 e. The van der Waals surface area contributed by atoms with Crippen molar-refractivity contribution in [2.45, 2.75) is 0 Å². The molecule has 1 aliphatic heterocycles. The van der Waals surface area contributed by atoms with Crippen LogP contribution in [0.4, 0.5) is 17.1 Å². The molecular weight excluding hydrogens is 349 g/mol. The summed E-state index contributed by atoms with van der Waals surface area (Å²) in [7, 11) is 0. The molecule has 1 saturated heterocycles. The van der Waals surface area contributed by atoms with Gasteiger partial charge in [-0.3, -0.25) is 4.79 Å². The maximum absolute atomic E-state index is 12.4. The summed E-state index contributed by atoms with van der Waals surface area (Å²) in [4.78, 5) is 14.5. The fraction of sp³-hybridized carbons (Fsp3) is 0.235. The summed E-state index contributed by atoms with van der Waals surface area (Å²) in [6.45, 7) is 2.79. The molecule has 3 N–H and O–H groups in total. The second kappa shape index (κ2) is 7.30. The highest BCUT2D eigenvalue weighted by molar-refractivity contribution is 6.34. The number of hydrogen-bond donors (Lipinski definition) is 2. The maximum atomic E-state index is 12.4. The standard InChI is InChI=1S/C17H17Cl2N3O2/c18-12-3-1-11(2-4-12)17(23)21-15-10-16(14(20)9-13(15)19)22-5-7-24-8-6-22/h1-4,9-10H,5-8,20H2,(H,21,23). The predicted molar refractivity (Wildman–Crippen MR) is 98.3 cm³/mol. The van der Waals surface area contributed by atoms with Crippen LogP contribution in [0.5, 0.6) is 0 Å². The molecule has 24 heavy (non-hydrogen) atoms. The number of carbonyl (C=O) groups excluding carboxylic acids is 1. The lowest BCUT2D eigenvalue weighted by molar-refractivity contribution is 0.102. The highest BCUT2D eigenvalue weighted by Crippen LogP contribution is 2.34. The molecule has 0 saturated carbocycles. The first-order valence-corrected chi connectivity index (χ1v) is 8.29. The Balaban J connectivity index is 1.84. The van der Waals surface area contributed by atoms with Crippen LogP contribution in [-0.4, -0.2) is 32.2 Å². The summed E-state index contributed by atoms with van der Waals surface area (Å²) in [6, 6.07) is 10.1.